The molecule has 0 saturated heterocycles. The molecule has 0 atom stereocenters. The van der Waals surface area contributed by atoms with Gasteiger partial charge in [0.15, 0.2) is 0 Å². The summed E-state index contributed by atoms with van der Waals surface area (Å²) in [5.41, 5.74) is 5.11. The molecule has 9 nitrogen and oxygen atoms in total. The fraction of sp³-hybridized carbons (Fsp3) is 0.100. The monoisotopic (exact) mass is 519 g/mol. The van der Waals surface area contributed by atoms with Crippen molar-refractivity contribution in [3.05, 3.63) is 107 Å². The first-order valence-corrected chi connectivity index (χ1v) is 12.4. The van der Waals surface area contributed by atoms with E-state index in [0.717, 1.165) is 33.3 Å². The van der Waals surface area contributed by atoms with Crippen LogP contribution in [0.3, 0.4) is 0 Å². The van der Waals surface area contributed by atoms with Gasteiger partial charge in [-0.05, 0) is 66.6 Å². The van der Waals surface area contributed by atoms with Crippen LogP contribution in [0.25, 0.3) is 33.3 Å². The van der Waals surface area contributed by atoms with Crippen LogP contribution in [0.2, 0.25) is 0 Å². The first-order valence-electron chi connectivity index (χ1n) is 12.4. The summed E-state index contributed by atoms with van der Waals surface area (Å²) in [5, 5.41) is 20.0. The van der Waals surface area contributed by atoms with Crippen molar-refractivity contribution in [2.24, 2.45) is 0 Å². The van der Waals surface area contributed by atoms with Crippen LogP contribution >= 0.6 is 0 Å². The number of aryl methyl sites for hydroxylation is 1. The van der Waals surface area contributed by atoms with Gasteiger partial charge in [0.1, 0.15) is 12.2 Å². The summed E-state index contributed by atoms with van der Waals surface area (Å²) in [5.74, 6) is -1.58. The fourth-order valence-corrected chi connectivity index (χ4v) is 4.30. The number of carboxylic acids is 1. The molecule has 0 bridgehead atoms. The van der Waals surface area contributed by atoms with Gasteiger partial charge in [-0.3, -0.25) is 19.4 Å². The van der Waals surface area contributed by atoms with E-state index in [1.54, 1.807) is 30.5 Å². The normalized spacial score (nSPS) is 10.8. The molecule has 0 aliphatic heterocycles. The van der Waals surface area contributed by atoms with E-state index in [1.807, 2.05) is 67.6 Å². The van der Waals surface area contributed by atoms with Gasteiger partial charge in [-0.15, -0.1) is 0 Å². The maximum absolute atomic E-state index is 13.2. The Kier molecular flexibility index (Phi) is 7.13. The Morgan fingerprint density at radius 1 is 0.872 bits per heavy atom. The molecule has 3 aromatic carbocycles. The van der Waals surface area contributed by atoms with Crippen molar-refractivity contribution in [1.29, 1.82) is 0 Å². The van der Waals surface area contributed by atoms with Gasteiger partial charge >= 0.3 is 5.97 Å². The van der Waals surface area contributed by atoms with E-state index >= 15 is 0 Å². The Bertz CT molecular complexity index is 1760. The minimum Gasteiger partial charge on any atom is -0.480 e. The van der Waals surface area contributed by atoms with Gasteiger partial charge in [0.2, 0.25) is 0 Å². The quantitative estimate of drug-likeness (QED) is 0.271. The number of hydrogen-bond acceptors (Lipinski definition) is 6. The summed E-state index contributed by atoms with van der Waals surface area (Å²) in [7, 11) is 0. The molecule has 2 heterocycles. The minimum atomic E-state index is -1.11. The van der Waals surface area contributed by atoms with E-state index in [2.05, 4.69) is 20.7 Å². The lowest BCUT2D eigenvalue weighted by molar-refractivity contribution is -0.135. The molecule has 0 radical (unpaired) electrons. The number of benzene rings is 3. The summed E-state index contributed by atoms with van der Waals surface area (Å²) in [4.78, 5) is 40.7. The molecule has 39 heavy (non-hydrogen) atoms. The zero-order valence-corrected chi connectivity index (χ0v) is 21.1. The van der Waals surface area contributed by atoms with Gasteiger partial charge in [-0.2, -0.15) is 5.10 Å². The van der Waals surface area contributed by atoms with Gasteiger partial charge in [0.25, 0.3) is 11.5 Å². The Balaban J connectivity index is 1.51. The summed E-state index contributed by atoms with van der Waals surface area (Å²) in [6.07, 6.45) is 1.73. The molecule has 3 N–H and O–H groups in total. The smallest absolute Gasteiger partial charge is 0.322 e. The molecule has 5 aromatic rings. The van der Waals surface area contributed by atoms with Crippen molar-refractivity contribution in [2.75, 3.05) is 11.9 Å². The molecule has 0 saturated carbocycles. The predicted molar refractivity (Wildman–Crippen MR) is 150 cm³/mol. The highest BCUT2D eigenvalue weighted by Crippen LogP contribution is 2.28. The SMILES string of the molecule is CCn1nc(-c2cccc(-c3cccc(C(=O)NCC(=O)O)c3)c2)cc(Nc2cccc3ncccc23)c1=O. The molecule has 9 heteroatoms. The largest absolute Gasteiger partial charge is 0.480 e. The number of carbonyl (C=O) groups is 2. The second-order valence-corrected chi connectivity index (χ2v) is 8.80. The van der Waals surface area contributed by atoms with Crippen LogP contribution in [-0.4, -0.2) is 38.3 Å². The Morgan fingerprint density at radius 2 is 1.62 bits per heavy atom. The van der Waals surface area contributed by atoms with Gasteiger partial charge < -0.3 is 15.7 Å². The van der Waals surface area contributed by atoms with Crippen molar-refractivity contribution < 1.29 is 14.7 Å². The number of pyridine rings is 1. The van der Waals surface area contributed by atoms with Crippen molar-refractivity contribution in [3.63, 3.8) is 0 Å². The van der Waals surface area contributed by atoms with Crippen LogP contribution < -0.4 is 16.2 Å². The van der Waals surface area contributed by atoms with Crippen molar-refractivity contribution >= 4 is 34.2 Å². The molecule has 194 valence electrons. The number of carboxylic acid groups (broad SMARTS) is 1. The molecule has 0 aliphatic rings. The lowest BCUT2D eigenvalue weighted by atomic mass is 9.99. The van der Waals surface area contributed by atoms with Crippen LogP contribution in [-0.2, 0) is 11.3 Å². The van der Waals surface area contributed by atoms with Gasteiger partial charge in [0, 0.05) is 34.9 Å². The van der Waals surface area contributed by atoms with E-state index in [4.69, 9.17) is 5.11 Å². The minimum absolute atomic E-state index is 0.238. The predicted octanol–water partition coefficient (Wildman–Crippen LogP) is 4.70. The number of nitrogens with zero attached hydrogens (tertiary/aromatic N) is 3. The number of aliphatic carboxylic acids is 1. The van der Waals surface area contributed by atoms with Crippen molar-refractivity contribution in [3.8, 4) is 22.4 Å². The Labute approximate surface area is 223 Å². The van der Waals surface area contributed by atoms with Crippen LogP contribution in [0.5, 0.6) is 0 Å². The van der Waals surface area contributed by atoms with Gasteiger partial charge in [-0.25, -0.2) is 4.68 Å². The van der Waals surface area contributed by atoms with Gasteiger partial charge in [0.05, 0.1) is 11.2 Å². The van der Waals surface area contributed by atoms with Crippen molar-refractivity contribution in [1.82, 2.24) is 20.1 Å². The molecule has 0 unspecified atom stereocenters. The zero-order chi connectivity index (χ0) is 27.4. The summed E-state index contributed by atoms with van der Waals surface area (Å²) in [6.45, 7) is 1.80. The van der Waals surface area contributed by atoms with Crippen LogP contribution in [0.1, 0.15) is 17.3 Å². The third kappa shape index (κ3) is 5.52. The highest BCUT2D eigenvalue weighted by atomic mass is 16.4. The zero-order valence-electron chi connectivity index (χ0n) is 21.1. The van der Waals surface area contributed by atoms with Crippen LogP contribution in [0.4, 0.5) is 11.4 Å². The first kappa shape index (κ1) is 25.3. The average molecular weight is 520 g/mol. The highest BCUT2D eigenvalue weighted by Gasteiger charge is 2.13. The van der Waals surface area contributed by atoms with Crippen LogP contribution in [0, 0.1) is 0 Å². The highest BCUT2D eigenvalue weighted by molar-refractivity contribution is 5.97. The van der Waals surface area contributed by atoms with Crippen LogP contribution in [0.15, 0.2) is 95.9 Å². The number of amides is 1. The second kappa shape index (κ2) is 11.0. The van der Waals surface area contributed by atoms with E-state index < -0.39 is 18.4 Å². The number of aromatic nitrogens is 3. The third-order valence-electron chi connectivity index (χ3n) is 6.21. The number of anilines is 2. The maximum atomic E-state index is 13.2. The molecular weight excluding hydrogens is 494 g/mol. The molecule has 5 rings (SSSR count). The molecule has 0 fully saturated rings. The summed E-state index contributed by atoms with van der Waals surface area (Å²) >= 11 is 0. The second-order valence-electron chi connectivity index (χ2n) is 8.80. The lowest BCUT2D eigenvalue weighted by Gasteiger charge is -2.13. The molecular formula is C30H25N5O4. The number of fused-ring (bicyclic) bond motifs is 1. The van der Waals surface area contributed by atoms with E-state index in [-0.39, 0.29) is 5.56 Å². The summed E-state index contributed by atoms with van der Waals surface area (Å²) < 4.78 is 1.42. The maximum Gasteiger partial charge on any atom is 0.322 e. The van der Waals surface area contributed by atoms with E-state index in [0.29, 0.717) is 23.5 Å². The molecule has 1 amide bonds. The molecule has 0 aliphatic carbocycles. The van der Waals surface area contributed by atoms with E-state index in [9.17, 15) is 14.4 Å². The first-order chi connectivity index (χ1) is 18.9. The molecule has 0 spiro atoms. The molecule has 2 aromatic heterocycles. The Morgan fingerprint density at radius 3 is 2.41 bits per heavy atom. The lowest BCUT2D eigenvalue weighted by Crippen LogP contribution is -2.29. The van der Waals surface area contributed by atoms with Gasteiger partial charge in [-0.1, -0.05) is 36.4 Å². The number of rotatable bonds is 8. The number of nitrogens with one attached hydrogen (secondary N) is 2. The van der Waals surface area contributed by atoms with E-state index in [1.165, 1.54) is 4.68 Å². The topological polar surface area (TPSA) is 126 Å². The fourth-order valence-electron chi connectivity index (χ4n) is 4.30. The van der Waals surface area contributed by atoms with Crippen molar-refractivity contribution in [2.45, 2.75) is 13.5 Å². The average Bonchev–Trinajstić information content (AvgIpc) is 2.97. The standard InChI is InChI=1S/C30H25N5O4/c1-2-35-30(39)27(33-25-13-5-12-24-23(25)11-6-14-31-24)17-26(34-35)21-9-3-7-19(15-21)20-8-4-10-22(16-20)29(38)32-18-28(36)37/h3-17,33H,2,18H2,1H3,(H,32,38)(H,36,37). The number of carbonyl (C=O) groups excluding carboxylic acids is 1. The summed E-state index contributed by atoms with van der Waals surface area (Å²) in [6, 6.07) is 25.8. The third-order valence-corrected chi connectivity index (χ3v) is 6.21. The number of hydrogen-bond donors (Lipinski definition) is 3. The Hall–Kier alpha value is -5.31.